The molecule has 0 aliphatic heterocycles. The van der Waals surface area contributed by atoms with Gasteiger partial charge in [0.15, 0.2) is 6.10 Å². The lowest BCUT2D eigenvalue weighted by Crippen LogP contribution is -2.40. The standard InChI is InChI=1S/C14H21NO3/c1-3-7-12(16)10-15-14(17)11(2)18-13-8-5-4-6-9-13/h4-6,8-9,11-12,16H,3,7,10H2,1-2H3,(H,15,17). The molecule has 1 rings (SSSR count). The Kier molecular flexibility index (Phi) is 6.22. The van der Waals surface area contributed by atoms with Gasteiger partial charge >= 0.3 is 0 Å². The highest BCUT2D eigenvalue weighted by atomic mass is 16.5. The molecule has 0 aliphatic rings. The molecule has 18 heavy (non-hydrogen) atoms. The molecule has 4 heteroatoms. The molecule has 1 aromatic carbocycles. The van der Waals surface area contributed by atoms with Crippen molar-refractivity contribution >= 4 is 5.91 Å². The Morgan fingerprint density at radius 3 is 2.67 bits per heavy atom. The van der Waals surface area contributed by atoms with E-state index in [1.54, 1.807) is 19.1 Å². The third-order valence-electron chi connectivity index (χ3n) is 2.56. The van der Waals surface area contributed by atoms with Gasteiger partial charge < -0.3 is 15.2 Å². The molecule has 0 aliphatic carbocycles. The smallest absolute Gasteiger partial charge is 0.260 e. The van der Waals surface area contributed by atoms with Gasteiger partial charge in [0.2, 0.25) is 0 Å². The van der Waals surface area contributed by atoms with Crippen LogP contribution in [0.2, 0.25) is 0 Å². The second-order valence-corrected chi connectivity index (χ2v) is 4.26. The monoisotopic (exact) mass is 251 g/mol. The van der Waals surface area contributed by atoms with Crippen molar-refractivity contribution in [2.24, 2.45) is 0 Å². The van der Waals surface area contributed by atoms with Crippen LogP contribution < -0.4 is 10.1 Å². The zero-order chi connectivity index (χ0) is 13.4. The van der Waals surface area contributed by atoms with Gasteiger partial charge in [-0.2, -0.15) is 0 Å². The number of benzene rings is 1. The van der Waals surface area contributed by atoms with Crippen LogP contribution in [-0.4, -0.2) is 29.8 Å². The molecule has 2 atom stereocenters. The molecule has 100 valence electrons. The van der Waals surface area contributed by atoms with Crippen molar-refractivity contribution in [3.8, 4) is 5.75 Å². The van der Waals surface area contributed by atoms with Gasteiger partial charge in [-0.05, 0) is 25.5 Å². The summed E-state index contributed by atoms with van der Waals surface area (Å²) in [6.07, 6.45) is 0.533. The number of aliphatic hydroxyl groups excluding tert-OH is 1. The lowest BCUT2D eigenvalue weighted by molar-refractivity contribution is -0.127. The second kappa shape index (κ2) is 7.71. The van der Waals surface area contributed by atoms with Crippen molar-refractivity contribution in [3.63, 3.8) is 0 Å². The van der Waals surface area contributed by atoms with E-state index in [1.165, 1.54) is 0 Å². The summed E-state index contributed by atoms with van der Waals surface area (Å²) in [6, 6.07) is 9.19. The van der Waals surface area contributed by atoms with Crippen molar-refractivity contribution in [3.05, 3.63) is 30.3 Å². The molecule has 0 saturated heterocycles. The normalized spacial score (nSPS) is 13.7. The summed E-state index contributed by atoms with van der Waals surface area (Å²) >= 11 is 0. The highest BCUT2D eigenvalue weighted by Gasteiger charge is 2.15. The van der Waals surface area contributed by atoms with Gasteiger partial charge in [-0.15, -0.1) is 0 Å². The molecule has 0 aromatic heterocycles. The molecule has 0 spiro atoms. The van der Waals surface area contributed by atoms with Crippen LogP contribution >= 0.6 is 0 Å². The predicted octanol–water partition coefficient (Wildman–Crippen LogP) is 1.73. The maximum Gasteiger partial charge on any atom is 0.260 e. The number of carbonyl (C=O) groups is 1. The fourth-order valence-electron chi connectivity index (χ4n) is 1.55. The van der Waals surface area contributed by atoms with Crippen LogP contribution in [0.1, 0.15) is 26.7 Å². The first kappa shape index (κ1) is 14.5. The summed E-state index contributed by atoms with van der Waals surface area (Å²) in [5, 5.41) is 12.2. The minimum Gasteiger partial charge on any atom is -0.481 e. The Labute approximate surface area is 108 Å². The lowest BCUT2D eigenvalue weighted by Gasteiger charge is -2.16. The van der Waals surface area contributed by atoms with Gasteiger partial charge in [-0.25, -0.2) is 0 Å². The Bertz CT molecular complexity index is 353. The number of aliphatic hydroxyl groups is 1. The van der Waals surface area contributed by atoms with Gasteiger partial charge in [0.1, 0.15) is 5.75 Å². The molecule has 0 bridgehead atoms. The van der Waals surface area contributed by atoms with Crippen LogP contribution in [-0.2, 0) is 4.79 Å². The summed E-state index contributed by atoms with van der Waals surface area (Å²) in [4.78, 5) is 11.7. The SMILES string of the molecule is CCCC(O)CNC(=O)C(C)Oc1ccccc1. The van der Waals surface area contributed by atoms with Gasteiger partial charge in [0.25, 0.3) is 5.91 Å². The van der Waals surface area contributed by atoms with Gasteiger partial charge in [-0.3, -0.25) is 4.79 Å². The summed E-state index contributed by atoms with van der Waals surface area (Å²) in [5.41, 5.74) is 0. The van der Waals surface area contributed by atoms with E-state index in [1.807, 2.05) is 25.1 Å². The Morgan fingerprint density at radius 2 is 2.06 bits per heavy atom. The molecule has 0 heterocycles. The number of carbonyl (C=O) groups excluding carboxylic acids is 1. The quantitative estimate of drug-likeness (QED) is 0.776. The molecule has 1 aromatic rings. The lowest BCUT2D eigenvalue weighted by atomic mass is 10.2. The fraction of sp³-hybridized carbons (Fsp3) is 0.500. The average Bonchev–Trinajstić information content (AvgIpc) is 2.37. The van der Waals surface area contributed by atoms with Crippen molar-refractivity contribution in [2.45, 2.75) is 38.9 Å². The first-order valence-electron chi connectivity index (χ1n) is 6.31. The average molecular weight is 251 g/mol. The van der Waals surface area contributed by atoms with Crippen molar-refractivity contribution in [1.82, 2.24) is 5.32 Å². The third-order valence-corrected chi connectivity index (χ3v) is 2.56. The van der Waals surface area contributed by atoms with Crippen LogP contribution in [0.4, 0.5) is 0 Å². The zero-order valence-electron chi connectivity index (χ0n) is 10.9. The van der Waals surface area contributed by atoms with E-state index in [-0.39, 0.29) is 12.5 Å². The number of para-hydroxylation sites is 1. The van der Waals surface area contributed by atoms with E-state index < -0.39 is 12.2 Å². The summed E-state index contributed by atoms with van der Waals surface area (Å²) in [6.45, 7) is 3.95. The third kappa shape index (κ3) is 5.19. The molecular weight excluding hydrogens is 230 g/mol. The highest BCUT2D eigenvalue weighted by Crippen LogP contribution is 2.10. The number of rotatable bonds is 7. The first-order valence-corrected chi connectivity index (χ1v) is 6.31. The van der Waals surface area contributed by atoms with E-state index in [0.717, 1.165) is 6.42 Å². The number of amides is 1. The highest BCUT2D eigenvalue weighted by molar-refractivity contribution is 5.80. The van der Waals surface area contributed by atoms with Crippen LogP contribution in [0.5, 0.6) is 5.75 Å². The Balaban J connectivity index is 2.33. The topological polar surface area (TPSA) is 58.6 Å². The van der Waals surface area contributed by atoms with Gasteiger partial charge in [0.05, 0.1) is 6.10 Å². The summed E-state index contributed by atoms with van der Waals surface area (Å²) in [7, 11) is 0. The summed E-state index contributed by atoms with van der Waals surface area (Å²) < 4.78 is 5.47. The van der Waals surface area contributed by atoms with E-state index in [0.29, 0.717) is 12.2 Å². The van der Waals surface area contributed by atoms with Crippen LogP contribution in [0, 0.1) is 0 Å². The van der Waals surface area contributed by atoms with Crippen LogP contribution in [0.3, 0.4) is 0 Å². The molecule has 0 radical (unpaired) electrons. The van der Waals surface area contributed by atoms with Crippen LogP contribution in [0.15, 0.2) is 30.3 Å². The number of ether oxygens (including phenoxy) is 1. The summed E-state index contributed by atoms with van der Waals surface area (Å²) in [5.74, 6) is 0.447. The molecule has 0 fully saturated rings. The molecule has 2 unspecified atom stereocenters. The van der Waals surface area contributed by atoms with E-state index >= 15 is 0 Å². The van der Waals surface area contributed by atoms with E-state index in [4.69, 9.17) is 4.74 Å². The van der Waals surface area contributed by atoms with Gasteiger partial charge in [0, 0.05) is 6.54 Å². The molecule has 1 amide bonds. The largest absolute Gasteiger partial charge is 0.481 e. The first-order chi connectivity index (χ1) is 8.63. The molecule has 0 saturated carbocycles. The van der Waals surface area contributed by atoms with Crippen LogP contribution in [0.25, 0.3) is 0 Å². The van der Waals surface area contributed by atoms with E-state index in [2.05, 4.69) is 5.32 Å². The number of hydrogen-bond acceptors (Lipinski definition) is 3. The number of nitrogens with one attached hydrogen (secondary N) is 1. The number of hydrogen-bond donors (Lipinski definition) is 2. The van der Waals surface area contributed by atoms with Crippen molar-refractivity contribution < 1.29 is 14.6 Å². The molecule has 4 nitrogen and oxygen atoms in total. The zero-order valence-corrected chi connectivity index (χ0v) is 10.9. The Hall–Kier alpha value is -1.55. The predicted molar refractivity (Wildman–Crippen MR) is 70.5 cm³/mol. The minimum atomic E-state index is -0.568. The fourth-order valence-corrected chi connectivity index (χ4v) is 1.55. The van der Waals surface area contributed by atoms with Gasteiger partial charge in [-0.1, -0.05) is 31.5 Å². The van der Waals surface area contributed by atoms with E-state index in [9.17, 15) is 9.90 Å². The minimum absolute atomic E-state index is 0.214. The maximum absolute atomic E-state index is 11.7. The molecule has 2 N–H and O–H groups in total. The second-order valence-electron chi connectivity index (χ2n) is 4.26. The molecular formula is C14H21NO3. The van der Waals surface area contributed by atoms with Crippen molar-refractivity contribution in [2.75, 3.05) is 6.54 Å². The maximum atomic E-state index is 11.7. The van der Waals surface area contributed by atoms with Crippen molar-refractivity contribution in [1.29, 1.82) is 0 Å². The Morgan fingerprint density at radius 1 is 1.39 bits per heavy atom.